The highest BCUT2D eigenvalue weighted by atomic mass is 16.5. The van der Waals surface area contributed by atoms with Gasteiger partial charge in [0.1, 0.15) is 5.65 Å². The fourth-order valence-corrected chi connectivity index (χ4v) is 2.08. The van der Waals surface area contributed by atoms with Crippen LogP contribution in [0.4, 0.5) is 0 Å². The van der Waals surface area contributed by atoms with Crippen molar-refractivity contribution in [2.75, 3.05) is 14.2 Å². The number of hydrogen-bond acceptors (Lipinski definition) is 4. The second kappa shape index (κ2) is 4.28. The minimum Gasteiger partial charge on any atom is -0.493 e. The van der Waals surface area contributed by atoms with Gasteiger partial charge in [0, 0.05) is 12.3 Å². The molecule has 0 bridgehead atoms. The zero-order valence-electron chi connectivity index (χ0n) is 10.6. The van der Waals surface area contributed by atoms with Crippen molar-refractivity contribution in [1.29, 1.82) is 0 Å². The van der Waals surface area contributed by atoms with Crippen LogP contribution in [0.2, 0.25) is 0 Å². The number of pyridine rings is 1. The minimum absolute atomic E-state index is 0.124. The first-order valence-corrected chi connectivity index (χ1v) is 5.77. The number of hydrogen-bond donors (Lipinski definition) is 0. The lowest BCUT2D eigenvalue weighted by Crippen LogP contribution is -2.14. The zero-order valence-corrected chi connectivity index (χ0v) is 10.6. The first-order valence-electron chi connectivity index (χ1n) is 5.77. The lowest BCUT2D eigenvalue weighted by atomic mass is 10.2. The lowest BCUT2D eigenvalue weighted by Gasteiger charge is -2.09. The van der Waals surface area contributed by atoms with Gasteiger partial charge in [-0.2, -0.15) is 0 Å². The number of rotatable bonds is 2. The molecule has 0 radical (unpaired) electrons. The lowest BCUT2D eigenvalue weighted by molar-refractivity contribution is 0.355. The standard InChI is InChI=1S/C14H12N2O3/c1-18-11-7-9-10(8-12(11)19-2)15-13-5-3-4-6-16(13)14(9)17/h3-8H,1-2H3. The van der Waals surface area contributed by atoms with Crippen LogP contribution in [0.3, 0.4) is 0 Å². The predicted molar refractivity (Wildman–Crippen MR) is 72.1 cm³/mol. The van der Waals surface area contributed by atoms with Crippen LogP contribution in [0.5, 0.6) is 11.5 Å². The van der Waals surface area contributed by atoms with Crippen LogP contribution in [0.25, 0.3) is 16.6 Å². The summed E-state index contributed by atoms with van der Waals surface area (Å²) < 4.78 is 11.9. The molecule has 19 heavy (non-hydrogen) atoms. The third kappa shape index (κ3) is 1.71. The van der Waals surface area contributed by atoms with E-state index in [-0.39, 0.29) is 5.56 Å². The Balaban J connectivity index is 2.48. The second-order valence-electron chi connectivity index (χ2n) is 4.07. The maximum absolute atomic E-state index is 12.4. The van der Waals surface area contributed by atoms with Crippen LogP contribution in [0, 0.1) is 0 Å². The molecule has 0 aliphatic heterocycles. The monoisotopic (exact) mass is 256 g/mol. The second-order valence-corrected chi connectivity index (χ2v) is 4.07. The molecule has 0 saturated heterocycles. The van der Waals surface area contributed by atoms with Crippen molar-refractivity contribution in [2.24, 2.45) is 0 Å². The Morgan fingerprint density at radius 3 is 2.58 bits per heavy atom. The summed E-state index contributed by atoms with van der Waals surface area (Å²) in [5, 5.41) is 0.501. The average molecular weight is 256 g/mol. The molecule has 0 N–H and O–H groups in total. The first kappa shape index (κ1) is 11.5. The highest BCUT2D eigenvalue weighted by Gasteiger charge is 2.11. The molecule has 0 aliphatic carbocycles. The molecule has 1 aromatic carbocycles. The summed E-state index contributed by atoms with van der Waals surface area (Å²) in [5.74, 6) is 1.08. The Morgan fingerprint density at radius 1 is 1.11 bits per heavy atom. The average Bonchev–Trinajstić information content (AvgIpc) is 2.46. The smallest absolute Gasteiger partial charge is 0.265 e. The molecule has 2 aromatic heterocycles. The van der Waals surface area contributed by atoms with E-state index in [1.54, 1.807) is 37.6 Å². The van der Waals surface area contributed by atoms with Crippen molar-refractivity contribution in [3.8, 4) is 11.5 Å². The van der Waals surface area contributed by atoms with E-state index >= 15 is 0 Å². The van der Waals surface area contributed by atoms with Crippen LogP contribution in [-0.2, 0) is 0 Å². The molecule has 0 aliphatic rings. The summed E-state index contributed by atoms with van der Waals surface area (Å²) >= 11 is 0. The van der Waals surface area contributed by atoms with E-state index in [0.29, 0.717) is 28.0 Å². The number of nitrogens with zero attached hydrogens (tertiary/aromatic N) is 2. The highest BCUT2D eigenvalue weighted by Crippen LogP contribution is 2.30. The van der Waals surface area contributed by atoms with E-state index in [1.165, 1.54) is 11.5 Å². The molecular formula is C14H12N2O3. The summed E-state index contributed by atoms with van der Waals surface area (Å²) in [6.45, 7) is 0. The number of aromatic nitrogens is 2. The van der Waals surface area contributed by atoms with Gasteiger partial charge in [-0.25, -0.2) is 4.98 Å². The molecule has 96 valence electrons. The number of ether oxygens (including phenoxy) is 2. The Labute approximate surface area is 109 Å². The summed E-state index contributed by atoms with van der Waals surface area (Å²) in [6.07, 6.45) is 1.70. The van der Waals surface area contributed by atoms with E-state index in [4.69, 9.17) is 9.47 Å². The molecular weight excluding hydrogens is 244 g/mol. The Bertz CT molecular complexity index is 824. The summed E-state index contributed by atoms with van der Waals surface area (Å²) in [5.41, 5.74) is 1.07. The number of fused-ring (bicyclic) bond motifs is 2. The van der Waals surface area contributed by atoms with Crippen LogP contribution in [0.1, 0.15) is 0 Å². The molecule has 3 rings (SSSR count). The van der Waals surface area contributed by atoms with Crippen LogP contribution in [-0.4, -0.2) is 23.6 Å². The highest BCUT2D eigenvalue weighted by molar-refractivity contribution is 5.83. The Kier molecular flexibility index (Phi) is 2.59. The van der Waals surface area contributed by atoms with E-state index in [2.05, 4.69) is 4.98 Å². The Morgan fingerprint density at radius 2 is 1.84 bits per heavy atom. The summed E-state index contributed by atoms with van der Waals surface area (Å²) in [7, 11) is 3.09. The van der Waals surface area contributed by atoms with Gasteiger partial charge in [0.25, 0.3) is 5.56 Å². The summed E-state index contributed by atoms with van der Waals surface area (Å²) in [6, 6.07) is 8.79. The quantitative estimate of drug-likeness (QED) is 0.657. The van der Waals surface area contributed by atoms with Gasteiger partial charge >= 0.3 is 0 Å². The molecule has 0 amide bonds. The molecule has 0 fully saturated rings. The molecule has 0 saturated carbocycles. The first-order chi connectivity index (χ1) is 9.24. The van der Waals surface area contributed by atoms with Gasteiger partial charge in [0.15, 0.2) is 11.5 Å². The minimum atomic E-state index is -0.124. The van der Waals surface area contributed by atoms with Crippen molar-refractivity contribution < 1.29 is 9.47 Å². The van der Waals surface area contributed by atoms with E-state index in [9.17, 15) is 4.79 Å². The van der Waals surface area contributed by atoms with Gasteiger partial charge in [-0.05, 0) is 18.2 Å². The topological polar surface area (TPSA) is 52.8 Å². The van der Waals surface area contributed by atoms with Crippen LogP contribution >= 0.6 is 0 Å². The molecule has 0 atom stereocenters. The number of benzene rings is 1. The number of methoxy groups -OCH3 is 2. The van der Waals surface area contributed by atoms with E-state index in [1.807, 2.05) is 6.07 Å². The predicted octanol–water partition coefficient (Wildman–Crippen LogP) is 1.86. The molecule has 2 heterocycles. The van der Waals surface area contributed by atoms with Crippen LogP contribution < -0.4 is 15.0 Å². The normalized spacial score (nSPS) is 10.8. The largest absolute Gasteiger partial charge is 0.493 e. The van der Waals surface area contributed by atoms with Gasteiger partial charge in [0.2, 0.25) is 0 Å². The van der Waals surface area contributed by atoms with Gasteiger partial charge in [-0.1, -0.05) is 6.07 Å². The van der Waals surface area contributed by atoms with Crippen molar-refractivity contribution in [3.63, 3.8) is 0 Å². The van der Waals surface area contributed by atoms with Gasteiger partial charge in [-0.3, -0.25) is 9.20 Å². The molecule has 5 heteroatoms. The third-order valence-corrected chi connectivity index (χ3v) is 3.02. The Hall–Kier alpha value is -2.56. The maximum Gasteiger partial charge on any atom is 0.265 e. The van der Waals surface area contributed by atoms with Gasteiger partial charge < -0.3 is 9.47 Å². The fraction of sp³-hybridized carbons (Fsp3) is 0.143. The zero-order chi connectivity index (χ0) is 13.4. The van der Waals surface area contributed by atoms with Crippen molar-refractivity contribution >= 4 is 16.6 Å². The SMILES string of the molecule is COc1cc2nc3ccccn3c(=O)c2cc1OC. The van der Waals surface area contributed by atoms with Crippen LogP contribution in [0.15, 0.2) is 41.3 Å². The van der Waals surface area contributed by atoms with E-state index in [0.717, 1.165) is 0 Å². The molecule has 0 spiro atoms. The van der Waals surface area contributed by atoms with E-state index < -0.39 is 0 Å². The van der Waals surface area contributed by atoms with Gasteiger partial charge in [0.05, 0.1) is 25.1 Å². The third-order valence-electron chi connectivity index (χ3n) is 3.02. The molecule has 5 nitrogen and oxygen atoms in total. The van der Waals surface area contributed by atoms with Crippen molar-refractivity contribution in [1.82, 2.24) is 9.38 Å². The fourth-order valence-electron chi connectivity index (χ4n) is 2.08. The molecule has 0 unspecified atom stereocenters. The summed E-state index contributed by atoms with van der Waals surface area (Å²) in [4.78, 5) is 16.8. The van der Waals surface area contributed by atoms with Crippen molar-refractivity contribution in [2.45, 2.75) is 0 Å². The maximum atomic E-state index is 12.4. The van der Waals surface area contributed by atoms with Gasteiger partial charge in [-0.15, -0.1) is 0 Å². The van der Waals surface area contributed by atoms with Crippen molar-refractivity contribution in [3.05, 3.63) is 46.9 Å². The molecule has 3 aromatic rings.